The van der Waals surface area contributed by atoms with Crippen LogP contribution in [0.4, 0.5) is 0 Å². The van der Waals surface area contributed by atoms with Crippen molar-refractivity contribution in [2.45, 2.75) is 44.8 Å². The Hall–Kier alpha value is -1.48. The van der Waals surface area contributed by atoms with Crippen LogP contribution in [0.3, 0.4) is 0 Å². The minimum absolute atomic E-state index is 0.149. The maximum absolute atomic E-state index is 12.9. The Morgan fingerprint density at radius 1 is 1.22 bits per heavy atom. The molecule has 2 rings (SSSR count). The van der Waals surface area contributed by atoms with E-state index in [2.05, 4.69) is 0 Å². The quantitative estimate of drug-likeness (QED) is 0.786. The van der Waals surface area contributed by atoms with Crippen LogP contribution in [-0.2, 0) is 14.8 Å². The van der Waals surface area contributed by atoms with Crippen LogP contribution in [-0.4, -0.2) is 69.0 Å². The van der Waals surface area contributed by atoms with Crippen LogP contribution in [0.5, 0.6) is 0 Å². The summed E-state index contributed by atoms with van der Waals surface area (Å²) < 4.78 is 32.8. The van der Waals surface area contributed by atoms with Gasteiger partial charge in [0.1, 0.15) is 0 Å². The first-order chi connectivity index (χ1) is 12.5. The lowest BCUT2D eigenvalue weighted by Crippen LogP contribution is -2.48. The lowest BCUT2D eigenvalue weighted by Gasteiger charge is -2.34. The number of morpholine rings is 1. The maximum Gasteiger partial charge on any atom is 0.253 e. The van der Waals surface area contributed by atoms with E-state index in [1.165, 1.54) is 16.4 Å². The van der Waals surface area contributed by atoms with E-state index in [1.807, 2.05) is 27.7 Å². The van der Waals surface area contributed by atoms with Gasteiger partial charge in [-0.25, -0.2) is 8.42 Å². The number of nitrogens with two attached hydrogens (primary N) is 1. The van der Waals surface area contributed by atoms with Crippen molar-refractivity contribution in [3.8, 4) is 0 Å². The third kappa shape index (κ3) is 5.28. The molecular weight excluding hydrogens is 366 g/mol. The summed E-state index contributed by atoms with van der Waals surface area (Å²) in [6.07, 6.45) is -0.298. The van der Waals surface area contributed by atoms with E-state index in [1.54, 1.807) is 24.1 Å². The highest BCUT2D eigenvalue weighted by molar-refractivity contribution is 7.89. The van der Waals surface area contributed by atoms with Crippen LogP contribution in [0, 0.1) is 5.41 Å². The highest BCUT2D eigenvalue weighted by Gasteiger charge is 2.32. The number of carbonyl (C=O) groups is 1. The number of carbonyl (C=O) groups excluding carboxylic acids is 1. The number of rotatable bonds is 6. The van der Waals surface area contributed by atoms with Gasteiger partial charge in [0.25, 0.3) is 5.91 Å². The van der Waals surface area contributed by atoms with Crippen molar-refractivity contribution in [2.75, 3.05) is 33.2 Å². The maximum atomic E-state index is 12.9. The standard InChI is InChI=1S/C19H31N3O4S/c1-14-10-22(11-15(2)26-14)27(24,25)17-8-6-16(7-9-17)18(23)21(5)13-19(3,4)12-20/h6-9,14-15H,10-13,20H2,1-5H3. The van der Waals surface area contributed by atoms with Gasteiger partial charge in [-0.1, -0.05) is 13.8 Å². The Balaban J connectivity index is 2.15. The first-order valence-electron chi connectivity index (χ1n) is 9.17. The molecule has 1 aromatic carbocycles. The topological polar surface area (TPSA) is 92.9 Å². The summed E-state index contributed by atoms with van der Waals surface area (Å²) in [4.78, 5) is 14.4. The van der Waals surface area contributed by atoms with Gasteiger partial charge < -0.3 is 15.4 Å². The second kappa shape index (κ2) is 8.26. The van der Waals surface area contributed by atoms with E-state index in [9.17, 15) is 13.2 Å². The lowest BCUT2D eigenvalue weighted by atomic mass is 9.93. The molecule has 0 radical (unpaired) electrons. The number of sulfonamides is 1. The minimum atomic E-state index is -3.61. The van der Waals surface area contributed by atoms with E-state index in [4.69, 9.17) is 10.5 Å². The molecule has 0 spiro atoms. The normalized spacial score (nSPS) is 21.9. The van der Waals surface area contributed by atoms with Crippen LogP contribution in [0.15, 0.2) is 29.2 Å². The number of hydrogen-bond acceptors (Lipinski definition) is 5. The molecule has 1 aliphatic rings. The molecule has 2 unspecified atom stereocenters. The van der Waals surface area contributed by atoms with Crippen molar-refractivity contribution in [1.29, 1.82) is 0 Å². The van der Waals surface area contributed by atoms with Gasteiger partial charge in [0.05, 0.1) is 17.1 Å². The summed E-state index contributed by atoms with van der Waals surface area (Å²) in [7, 11) is -1.89. The fraction of sp³-hybridized carbons (Fsp3) is 0.632. The molecule has 7 nitrogen and oxygen atoms in total. The molecule has 2 N–H and O–H groups in total. The zero-order chi connectivity index (χ0) is 20.4. The van der Waals surface area contributed by atoms with Gasteiger partial charge in [0.15, 0.2) is 0 Å². The van der Waals surface area contributed by atoms with Gasteiger partial charge in [-0.05, 0) is 50.1 Å². The van der Waals surface area contributed by atoms with Crippen LogP contribution >= 0.6 is 0 Å². The Kier molecular flexibility index (Phi) is 6.68. The Morgan fingerprint density at radius 3 is 2.22 bits per heavy atom. The fourth-order valence-corrected chi connectivity index (χ4v) is 4.83. The molecular formula is C19H31N3O4S. The number of hydrogen-bond donors (Lipinski definition) is 1. The number of amides is 1. The van der Waals surface area contributed by atoms with Crippen LogP contribution < -0.4 is 5.73 Å². The highest BCUT2D eigenvalue weighted by atomic mass is 32.2. The van der Waals surface area contributed by atoms with Crippen molar-refractivity contribution in [1.82, 2.24) is 9.21 Å². The third-order valence-electron chi connectivity index (χ3n) is 4.69. The summed E-state index contributed by atoms with van der Waals surface area (Å²) >= 11 is 0. The summed E-state index contributed by atoms with van der Waals surface area (Å²) in [6.45, 7) is 9.35. The monoisotopic (exact) mass is 397 g/mol. The summed E-state index contributed by atoms with van der Waals surface area (Å²) in [5.74, 6) is -0.158. The first-order valence-corrected chi connectivity index (χ1v) is 10.6. The number of benzene rings is 1. The Morgan fingerprint density at radius 2 is 1.74 bits per heavy atom. The predicted octanol–water partition coefficient (Wildman–Crippen LogP) is 1.54. The zero-order valence-electron chi connectivity index (χ0n) is 16.8. The van der Waals surface area contributed by atoms with Crippen molar-refractivity contribution >= 4 is 15.9 Å². The second-order valence-electron chi connectivity index (χ2n) is 8.13. The second-order valence-corrected chi connectivity index (χ2v) is 10.1. The van der Waals surface area contributed by atoms with E-state index >= 15 is 0 Å². The molecule has 0 aliphatic carbocycles. The predicted molar refractivity (Wildman–Crippen MR) is 105 cm³/mol. The van der Waals surface area contributed by atoms with Gasteiger partial charge in [-0.15, -0.1) is 0 Å². The van der Waals surface area contributed by atoms with Gasteiger partial charge >= 0.3 is 0 Å². The van der Waals surface area contributed by atoms with Crippen LogP contribution in [0.1, 0.15) is 38.1 Å². The lowest BCUT2D eigenvalue weighted by molar-refractivity contribution is -0.0440. The van der Waals surface area contributed by atoms with E-state index in [-0.39, 0.29) is 28.4 Å². The summed E-state index contributed by atoms with van der Waals surface area (Å²) in [5, 5.41) is 0. The number of ether oxygens (including phenoxy) is 1. The molecule has 0 aromatic heterocycles. The van der Waals surface area contributed by atoms with Gasteiger partial charge in [0, 0.05) is 32.2 Å². The van der Waals surface area contributed by atoms with Crippen LogP contribution in [0.25, 0.3) is 0 Å². The van der Waals surface area contributed by atoms with Gasteiger partial charge in [0.2, 0.25) is 10.0 Å². The van der Waals surface area contributed by atoms with E-state index in [0.29, 0.717) is 31.7 Å². The van der Waals surface area contributed by atoms with Crippen LogP contribution in [0.2, 0.25) is 0 Å². The molecule has 0 bridgehead atoms. The van der Waals surface area contributed by atoms with Crippen molar-refractivity contribution < 1.29 is 17.9 Å². The molecule has 1 fully saturated rings. The number of nitrogens with zero attached hydrogens (tertiary/aromatic N) is 2. The van der Waals surface area contributed by atoms with Crippen molar-refractivity contribution in [2.24, 2.45) is 11.1 Å². The molecule has 0 saturated carbocycles. The van der Waals surface area contributed by atoms with Gasteiger partial charge in [-0.3, -0.25) is 4.79 Å². The average Bonchev–Trinajstić information content (AvgIpc) is 2.60. The molecule has 152 valence electrons. The third-order valence-corrected chi connectivity index (χ3v) is 6.54. The first kappa shape index (κ1) is 21.8. The summed E-state index contributed by atoms with van der Waals surface area (Å²) in [6, 6.07) is 6.12. The smallest absolute Gasteiger partial charge is 0.253 e. The molecule has 1 heterocycles. The molecule has 27 heavy (non-hydrogen) atoms. The van der Waals surface area contributed by atoms with Gasteiger partial charge in [-0.2, -0.15) is 4.31 Å². The molecule has 2 atom stereocenters. The summed E-state index contributed by atoms with van der Waals surface area (Å²) in [5.41, 5.74) is 6.00. The molecule has 1 amide bonds. The zero-order valence-corrected chi connectivity index (χ0v) is 17.6. The highest BCUT2D eigenvalue weighted by Crippen LogP contribution is 2.22. The molecule has 8 heteroatoms. The van der Waals surface area contributed by atoms with E-state index in [0.717, 1.165) is 0 Å². The molecule has 1 aromatic rings. The SMILES string of the molecule is CC1CN(S(=O)(=O)c2ccc(C(=O)N(C)CC(C)(C)CN)cc2)CC(C)O1. The largest absolute Gasteiger partial charge is 0.373 e. The van der Waals surface area contributed by atoms with E-state index < -0.39 is 10.0 Å². The Labute approximate surface area is 162 Å². The minimum Gasteiger partial charge on any atom is -0.373 e. The molecule has 1 aliphatic heterocycles. The van der Waals surface area contributed by atoms with Crippen molar-refractivity contribution in [3.63, 3.8) is 0 Å². The Bertz CT molecular complexity index is 752. The molecule has 1 saturated heterocycles. The fourth-order valence-electron chi connectivity index (χ4n) is 3.24. The average molecular weight is 398 g/mol. The van der Waals surface area contributed by atoms with Crippen molar-refractivity contribution in [3.05, 3.63) is 29.8 Å².